The van der Waals surface area contributed by atoms with Crippen LogP contribution in [0.25, 0.3) is 0 Å². The van der Waals surface area contributed by atoms with E-state index in [2.05, 4.69) is 0 Å². The van der Waals surface area contributed by atoms with Crippen molar-refractivity contribution in [2.45, 2.75) is 6.92 Å². The highest BCUT2D eigenvalue weighted by atomic mass is 16.2. The normalized spacial score (nSPS) is 10.9. The predicted molar refractivity (Wildman–Crippen MR) is 56.0 cm³/mol. The van der Waals surface area contributed by atoms with Crippen LogP contribution < -0.4 is 0 Å². The third kappa shape index (κ3) is 6.37. The average molecular weight is 198 g/mol. The Balaban J connectivity index is 3.81. The molecule has 0 aromatic heterocycles. The van der Waals surface area contributed by atoms with Gasteiger partial charge >= 0.3 is 0 Å². The Morgan fingerprint density at radius 2 is 1.79 bits per heavy atom. The van der Waals surface area contributed by atoms with E-state index >= 15 is 0 Å². The van der Waals surface area contributed by atoms with E-state index in [1.165, 1.54) is 13.0 Å². The maximum Gasteiger partial charge on any atom is 0.236 e. The summed E-state index contributed by atoms with van der Waals surface area (Å²) < 4.78 is 0. The van der Waals surface area contributed by atoms with Gasteiger partial charge in [-0.3, -0.25) is 14.5 Å². The number of carbonyl (C=O) groups is 2. The van der Waals surface area contributed by atoms with Gasteiger partial charge < -0.3 is 4.90 Å². The molecule has 0 saturated carbocycles. The molecule has 0 atom stereocenters. The quantitative estimate of drug-likeness (QED) is 0.590. The first-order chi connectivity index (χ1) is 6.43. The highest BCUT2D eigenvalue weighted by molar-refractivity contribution is 5.87. The number of allylic oxidation sites excluding steroid dienone is 1. The second-order valence-corrected chi connectivity index (χ2v) is 3.50. The van der Waals surface area contributed by atoms with E-state index in [0.29, 0.717) is 13.1 Å². The number of hydrogen-bond acceptors (Lipinski definition) is 3. The molecule has 0 unspecified atom stereocenters. The number of hydrogen-bond donors (Lipinski definition) is 0. The molecule has 0 radical (unpaired) electrons. The molecule has 0 saturated heterocycles. The van der Waals surface area contributed by atoms with E-state index < -0.39 is 0 Å². The minimum atomic E-state index is 0.0253. The van der Waals surface area contributed by atoms with Gasteiger partial charge in [-0.15, -0.1) is 0 Å². The van der Waals surface area contributed by atoms with Crippen molar-refractivity contribution < 1.29 is 9.59 Å². The smallest absolute Gasteiger partial charge is 0.236 e. The van der Waals surface area contributed by atoms with Gasteiger partial charge in [0, 0.05) is 20.6 Å². The first-order valence-electron chi connectivity index (χ1n) is 4.49. The second kappa shape index (κ2) is 6.32. The lowest BCUT2D eigenvalue weighted by Crippen LogP contribution is -2.34. The highest BCUT2D eigenvalue weighted by Gasteiger charge is 2.06. The lowest BCUT2D eigenvalue weighted by molar-refractivity contribution is -0.129. The highest BCUT2D eigenvalue weighted by Crippen LogP contribution is 1.87. The van der Waals surface area contributed by atoms with Crippen LogP contribution in [0.4, 0.5) is 0 Å². The van der Waals surface area contributed by atoms with Crippen molar-refractivity contribution >= 4 is 11.7 Å². The number of carbonyl (C=O) groups excluding carboxylic acids is 2. The molecule has 0 rings (SSSR count). The maximum absolute atomic E-state index is 11.2. The number of rotatable bonds is 5. The molecule has 0 N–H and O–H groups in total. The van der Waals surface area contributed by atoms with Crippen LogP contribution in [-0.2, 0) is 9.59 Å². The van der Waals surface area contributed by atoms with Crippen LogP contribution in [-0.4, -0.2) is 55.7 Å². The summed E-state index contributed by atoms with van der Waals surface area (Å²) in [5.74, 6) is 0.0843. The molecule has 4 nitrogen and oxygen atoms in total. The molecule has 0 aliphatic heterocycles. The topological polar surface area (TPSA) is 40.6 Å². The van der Waals surface area contributed by atoms with Crippen molar-refractivity contribution in [1.29, 1.82) is 0 Å². The molecule has 0 aliphatic carbocycles. The third-order valence-electron chi connectivity index (χ3n) is 1.67. The summed E-state index contributed by atoms with van der Waals surface area (Å²) in [7, 11) is 5.29. The molecule has 0 bridgehead atoms. The van der Waals surface area contributed by atoms with Crippen molar-refractivity contribution in [3.8, 4) is 0 Å². The minimum absolute atomic E-state index is 0.0253. The zero-order chi connectivity index (χ0) is 11.1. The van der Waals surface area contributed by atoms with E-state index in [1.807, 2.05) is 11.9 Å². The molecular weight excluding hydrogens is 180 g/mol. The van der Waals surface area contributed by atoms with E-state index in [1.54, 1.807) is 25.1 Å². The third-order valence-corrected chi connectivity index (χ3v) is 1.67. The number of nitrogens with zero attached hydrogens (tertiary/aromatic N) is 2. The molecule has 0 heterocycles. The van der Waals surface area contributed by atoms with Crippen LogP contribution in [0.15, 0.2) is 12.2 Å². The number of ketones is 1. The molecule has 0 spiro atoms. The lowest BCUT2D eigenvalue weighted by Gasteiger charge is -2.16. The lowest BCUT2D eigenvalue weighted by atomic mass is 10.3. The van der Waals surface area contributed by atoms with Gasteiger partial charge in [0.05, 0.1) is 6.54 Å². The van der Waals surface area contributed by atoms with E-state index in [4.69, 9.17) is 0 Å². The minimum Gasteiger partial charge on any atom is -0.348 e. The molecule has 0 aromatic carbocycles. The van der Waals surface area contributed by atoms with Crippen LogP contribution in [0.5, 0.6) is 0 Å². The van der Waals surface area contributed by atoms with Gasteiger partial charge in [0.25, 0.3) is 0 Å². The fourth-order valence-electron chi connectivity index (χ4n) is 0.835. The molecule has 0 aromatic rings. The van der Waals surface area contributed by atoms with Crippen molar-refractivity contribution in [1.82, 2.24) is 9.80 Å². The Hall–Kier alpha value is -1.16. The van der Waals surface area contributed by atoms with Crippen LogP contribution >= 0.6 is 0 Å². The van der Waals surface area contributed by atoms with E-state index in [-0.39, 0.29) is 11.7 Å². The molecular formula is C10H18N2O2. The Bertz CT molecular complexity index is 234. The molecule has 0 aliphatic rings. The molecule has 4 heteroatoms. The van der Waals surface area contributed by atoms with Gasteiger partial charge in [0.1, 0.15) is 0 Å². The fraction of sp³-hybridized carbons (Fsp3) is 0.600. The predicted octanol–water partition coefficient (Wildman–Crippen LogP) is 0.152. The SMILES string of the molecule is CC(=O)/C=C/CN(C)CC(=O)N(C)C. The summed E-state index contributed by atoms with van der Waals surface area (Å²) in [4.78, 5) is 25.2. The Morgan fingerprint density at radius 3 is 2.21 bits per heavy atom. The van der Waals surface area contributed by atoms with Crippen LogP contribution in [0, 0.1) is 0 Å². The Morgan fingerprint density at radius 1 is 1.21 bits per heavy atom. The Labute approximate surface area is 85.2 Å². The summed E-state index contributed by atoms with van der Waals surface area (Å²) in [6.07, 6.45) is 3.27. The van der Waals surface area contributed by atoms with Crippen LogP contribution in [0.3, 0.4) is 0 Å². The van der Waals surface area contributed by atoms with Gasteiger partial charge in [-0.05, 0) is 20.0 Å². The standard InChI is InChI=1S/C10H18N2O2/c1-9(13)6-5-7-12(4)8-10(14)11(2)3/h5-6H,7-8H2,1-4H3/b6-5+. The van der Waals surface area contributed by atoms with Crippen molar-refractivity contribution in [3.63, 3.8) is 0 Å². The fourth-order valence-corrected chi connectivity index (χ4v) is 0.835. The summed E-state index contributed by atoms with van der Waals surface area (Å²) in [6.45, 7) is 2.48. The largest absolute Gasteiger partial charge is 0.348 e. The molecule has 1 amide bonds. The van der Waals surface area contributed by atoms with Crippen LogP contribution in [0.1, 0.15) is 6.92 Å². The van der Waals surface area contributed by atoms with E-state index in [0.717, 1.165) is 0 Å². The van der Waals surface area contributed by atoms with Gasteiger partial charge in [0.2, 0.25) is 5.91 Å². The van der Waals surface area contributed by atoms with E-state index in [9.17, 15) is 9.59 Å². The number of amides is 1. The van der Waals surface area contributed by atoms with Crippen LogP contribution in [0.2, 0.25) is 0 Å². The molecule has 0 fully saturated rings. The van der Waals surface area contributed by atoms with Gasteiger partial charge in [0.15, 0.2) is 5.78 Å². The zero-order valence-corrected chi connectivity index (χ0v) is 9.28. The maximum atomic E-state index is 11.2. The first-order valence-corrected chi connectivity index (χ1v) is 4.49. The Kier molecular flexibility index (Phi) is 5.79. The van der Waals surface area contributed by atoms with Crippen molar-refractivity contribution in [3.05, 3.63) is 12.2 Å². The molecule has 80 valence electrons. The van der Waals surface area contributed by atoms with Gasteiger partial charge in [-0.25, -0.2) is 0 Å². The van der Waals surface area contributed by atoms with Crippen molar-refractivity contribution in [2.75, 3.05) is 34.2 Å². The first kappa shape index (κ1) is 12.8. The zero-order valence-electron chi connectivity index (χ0n) is 9.28. The van der Waals surface area contributed by atoms with Crippen molar-refractivity contribution in [2.24, 2.45) is 0 Å². The number of likely N-dealkylation sites (N-methyl/N-ethyl adjacent to an activating group) is 2. The average Bonchev–Trinajstić information content (AvgIpc) is 2.02. The van der Waals surface area contributed by atoms with Gasteiger partial charge in [-0.1, -0.05) is 6.08 Å². The molecule has 14 heavy (non-hydrogen) atoms. The summed E-state index contributed by atoms with van der Waals surface area (Å²) in [6, 6.07) is 0. The second-order valence-electron chi connectivity index (χ2n) is 3.50. The summed E-state index contributed by atoms with van der Waals surface area (Å²) in [5.41, 5.74) is 0. The monoisotopic (exact) mass is 198 g/mol. The summed E-state index contributed by atoms with van der Waals surface area (Å²) in [5, 5.41) is 0. The summed E-state index contributed by atoms with van der Waals surface area (Å²) >= 11 is 0. The van der Waals surface area contributed by atoms with Gasteiger partial charge in [-0.2, -0.15) is 0 Å².